The lowest BCUT2D eigenvalue weighted by Crippen LogP contribution is -2.34. The number of nitriles is 1. The number of nitrogens with one attached hydrogen (secondary N) is 1. The van der Waals surface area contributed by atoms with Gasteiger partial charge in [-0.3, -0.25) is 9.36 Å². The van der Waals surface area contributed by atoms with Crippen LogP contribution in [0.25, 0.3) is 5.69 Å². The highest BCUT2D eigenvalue weighted by Crippen LogP contribution is 2.17. The summed E-state index contributed by atoms with van der Waals surface area (Å²) < 4.78 is 20.8. The molecule has 1 aromatic heterocycles. The first-order chi connectivity index (χ1) is 11.2. The predicted molar refractivity (Wildman–Crippen MR) is 83.2 cm³/mol. The van der Waals surface area contributed by atoms with E-state index in [1.54, 1.807) is 18.3 Å². The van der Waals surface area contributed by atoms with E-state index in [0.717, 1.165) is 25.9 Å². The molecular weight excluding hydrogens is 297 g/mol. The Hall–Kier alpha value is -2.65. The number of aromatic nitrogens is 1. The summed E-state index contributed by atoms with van der Waals surface area (Å²) in [4.78, 5) is 12.2. The van der Waals surface area contributed by atoms with Crippen molar-refractivity contribution in [3.63, 3.8) is 0 Å². The summed E-state index contributed by atoms with van der Waals surface area (Å²) in [5.74, 6) is -0.126. The topological polar surface area (TPSA) is 67.1 Å². The maximum Gasteiger partial charge on any atom is 0.258 e. The van der Waals surface area contributed by atoms with Crippen molar-refractivity contribution < 1.29 is 9.13 Å². The minimum atomic E-state index is -0.646. The molecule has 0 aliphatic carbocycles. The molecule has 5 nitrogen and oxygen atoms in total. The van der Waals surface area contributed by atoms with Crippen LogP contribution in [0.2, 0.25) is 0 Å². The highest BCUT2D eigenvalue weighted by Gasteiger charge is 2.15. The fraction of sp³-hybridized carbons (Fsp3) is 0.294. The molecule has 118 valence electrons. The highest BCUT2D eigenvalue weighted by molar-refractivity contribution is 5.41. The molecule has 1 aliphatic heterocycles. The Morgan fingerprint density at radius 1 is 1.26 bits per heavy atom. The largest absolute Gasteiger partial charge is 0.490 e. The Labute approximate surface area is 132 Å². The van der Waals surface area contributed by atoms with Gasteiger partial charge in [0.15, 0.2) is 0 Å². The Morgan fingerprint density at radius 3 is 2.70 bits per heavy atom. The van der Waals surface area contributed by atoms with Gasteiger partial charge in [0.05, 0.1) is 11.3 Å². The summed E-state index contributed by atoms with van der Waals surface area (Å²) >= 11 is 0. The van der Waals surface area contributed by atoms with Crippen molar-refractivity contribution in [1.82, 2.24) is 9.88 Å². The van der Waals surface area contributed by atoms with E-state index in [-0.39, 0.29) is 17.2 Å². The average molecular weight is 313 g/mol. The van der Waals surface area contributed by atoms with Gasteiger partial charge in [0.1, 0.15) is 23.7 Å². The van der Waals surface area contributed by atoms with E-state index in [0.29, 0.717) is 11.4 Å². The maximum atomic E-state index is 13.7. The molecule has 1 N–H and O–H groups in total. The van der Waals surface area contributed by atoms with E-state index in [4.69, 9.17) is 10.00 Å². The van der Waals surface area contributed by atoms with Gasteiger partial charge in [-0.2, -0.15) is 5.26 Å². The molecule has 1 aliphatic rings. The van der Waals surface area contributed by atoms with Gasteiger partial charge in [-0.25, -0.2) is 4.39 Å². The molecule has 6 heteroatoms. The van der Waals surface area contributed by atoms with E-state index >= 15 is 0 Å². The van der Waals surface area contributed by atoms with Crippen LogP contribution in [0.1, 0.15) is 18.4 Å². The van der Waals surface area contributed by atoms with Crippen molar-refractivity contribution in [2.45, 2.75) is 18.9 Å². The van der Waals surface area contributed by atoms with Crippen molar-refractivity contribution in [3.8, 4) is 17.5 Å². The van der Waals surface area contributed by atoms with Crippen LogP contribution in [-0.2, 0) is 0 Å². The zero-order valence-electron chi connectivity index (χ0n) is 12.5. The smallest absolute Gasteiger partial charge is 0.258 e. The number of nitrogens with zero attached hydrogens (tertiary/aromatic N) is 2. The lowest BCUT2D eigenvalue weighted by molar-refractivity contribution is 0.162. The molecule has 0 bridgehead atoms. The molecule has 3 rings (SSSR count). The third-order valence-electron chi connectivity index (χ3n) is 3.83. The van der Waals surface area contributed by atoms with Crippen molar-refractivity contribution in [3.05, 3.63) is 58.3 Å². The van der Waals surface area contributed by atoms with Crippen LogP contribution in [0.5, 0.6) is 5.75 Å². The van der Waals surface area contributed by atoms with Gasteiger partial charge in [0.25, 0.3) is 5.56 Å². The number of piperidine rings is 1. The molecule has 0 radical (unpaired) electrons. The van der Waals surface area contributed by atoms with E-state index in [1.165, 1.54) is 28.8 Å². The van der Waals surface area contributed by atoms with Gasteiger partial charge in [-0.15, -0.1) is 0 Å². The molecule has 0 spiro atoms. The zero-order chi connectivity index (χ0) is 16.2. The van der Waals surface area contributed by atoms with Crippen LogP contribution in [0.15, 0.2) is 41.3 Å². The second-order valence-corrected chi connectivity index (χ2v) is 5.41. The van der Waals surface area contributed by atoms with Crippen LogP contribution in [0, 0.1) is 17.1 Å². The molecule has 0 saturated carbocycles. The first kappa shape index (κ1) is 15.3. The van der Waals surface area contributed by atoms with Crippen molar-refractivity contribution >= 4 is 0 Å². The fourth-order valence-electron chi connectivity index (χ4n) is 2.60. The molecule has 0 atom stereocenters. The summed E-state index contributed by atoms with van der Waals surface area (Å²) in [5, 5.41) is 12.0. The predicted octanol–water partition coefficient (Wildman–Crippen LogP) is 1.98. The zero-order valence-corrected chi connectivity index (χ0v) is 12.5. The first-order valence-corrected chi connectivity index (χ1v) is 7.47. The number of benzene rings is 1. The van der Waals surface area contributed by atoms with Crippen LogP contribution < -0.4 is 15.6 Å². The SMILES string of the molecule is N#Cc1ccc(-n2ccc(OC3CCNCC3)cc2=O)cc1F. The maximum absolute atomic E-state index is 13.7. The number of hydrogen-bond acceptors (Lipinski definition) is 4. The van der Waals surface area contributed by atoms with E-state index < -0.39 is 5.82 Å². The molecule has 0 unspecified atom stereocenters. The number of ether oxygens (including phenoxy) is 1. The fourth-order valence-corrected chi connectivity index (χ4v) is 2.60. The number of hydrogen-bond donors (Lipinski definition) is 1. The lowest BCUT2D eigenvalue weighted by Gasteiger charge is -2.23. The van der Waals surface area contributed by atoms with Crippen LogP contribution >= 0.6 is 0 Å². The summed E-state index contributed by atoms with van der Waals surface area (Å²) in [6, 6.07) is 8.92. The molecule has 2 aromatic rings. The Bertz CT molecular complexity index is 804. The number of halogens is 1. The minimum Gasteiger partial charge on any atom is -0.490 e. The van der Waals surface area contributed by atoms with Gasteiger partial charge in [0.2, 0.25) is 0 Å². The molecule has 23 heavy (non-hydrogen) atoms. The Morgan fingerprint density at radius 2 is 2.04 bits per heavy atom. The molecule has 1 fully saturated rings. The summed E-state index contributed by atoms with van der Waals surface area (Å²) in [6.45, 7) is 1.82. The van der Waals surface area contributed by atoms with Crippen LogP contribution in [0.3, 0.4) is 0 Å². The van der Waals surface area contributed by atoms with Crippen molar-refractivity contribution in [1.29, 1.82) is 5.26 Å². The van der Waals surface area contributed by atoms with E-state index in [9.17, 15) is 9.18 Å². The molecule has 1 saturated heterocycles. The highest BCUT2D eigenvalue weighted by atomic mass is 19.1. The molecule has 1 aromatic carbocycles. The summed E-state index contributed by atoms with van der Waals surface area (Å²) in [7, 11) is 0. The number of rotatable bonds is 3. The van der Waals surface area contributed by atoms with Crippen LogP contribution in [0.4, 0.5) is 4.39 Å². The van der Waals surface area contributed by atoms with E-state index in [2.05, 4.69) is 5.32 Å². The third-order valence-corrected chi connectivity index (χ3v) is 3.83. The van der Waals surface area contributed by atoms with Crippen molar-refractivity contribution in [2.24, 2.45) is 0 Å². The first-order valence-electron chi connectivity index (χ1n) is 7.47. The second-order valence-electron chi connectivity index (χ2n) is 5.41. The van der Waals surface area contributed by atoms with Gasteiger partial charge in [-0.05, 0) is 50.2 Å². The normalized spacial score (nSPS) is 15.1. The van der Waals surface area contributed by atoms with E-state index in [1.807, 2.05) is 0 Å². The van der Waals surface area contributed by atoms with Gasteiger partial charge in [-0.1, -0.05) is 0 Å². The summed E-state index contributed by atoms with van der Waals surface area (Å²) in [5.41, 5.74) is 0.0214. The van der Waals surface area contributed by atoms with Crippen LogP contribution in [-0.4, -0.2) is 23.8 Å². The standard InChI is InChI=1S/C17H16FN3O2/c18-16-9-13(2-1-12(16)11-19)21-8-5-15(10-17(21)22)23-14-3-6-20-7-4-14/h1-2,5,8-10,14,20H,3-4,6-7H2. The Balaban J connectivity index is 1.83. The van der Waals surface area contributed by atoms with Gasteiger partial charge >= 0.3 is 0 Å². The minimum absolute atomic E-state index is 0.0485. The monoisotopic (exact) mass is 313 g/mol. The van der Waals surface area contributed by atoms with Gasteiger partial charge in [0, 0.05) is 12.3 Å². The molecule has 2 heterocycles. The van der Waals surface area contributed by atoms with Crippen molar-refractivity contribution in [2.75, 3.05) is 13.1 Å². The number of pyridine rings is 1. The lowest BCUT2D eigenvalue weighted by atomic mass is 10.1. The molecular formula is C17H16FN3O2. The Kier molecular flexibility index (Phi) is 4.40. The quantitative estimate of drug-likeness (QED) is 0.941. The van der Waals surface area contributed by atoms with Gasteiger partial charge < -0.3 is 10.1 Å². The summed E-state index contributed by atoms with van der Waals surface area (Å²) in [6.07, 6.45) is 3.48. The average Bonchev–Trinajstić information content (AvgIpc) is 2.56. The third kappa shape index (κ3) is 3.41. The second kappa shape index (κ2) is 6.63. The molecule has 0 amide bonds.